The van der Waals surface area contributed by atoms with Gasteiger partial charge in [0, 0.05) is 12.1 Å². The van der Waals surface area contributed by atoms with E-state index < -0.39 is 0 Å². The van der Waals surface area contributed by atoms with E-state index in [1.165, 1.54) is 12.3 Å². The molecule has 0 amide bonds. The monoisotopic (exact) mass is 399 g/mol. The number of nitrogens with zero attached hydrogens (tertiary/aromatic N) is 1. The molecule has 8 heteroatoms. The van der Waals surface area contributed by atoms with Gasteiger partial charge in [0.05, 0.1) is 16.3 Å². The molecule has 0 unspecified atom stereocenters. The number of oxime groups is 1. The highest BCUT2D eigenvalue weighted by atomic mass is 35.5. The molecule has 128 valence electrons. The number of rotatable bonds is 7. The molecule has 0 fully saturated rings. The predicted octanol–water partition coefficient (Wildman–Crippen LogP) is 5.87. The van der Waals surface area contributed by atoms with Crippen LogP contribution >= 0.6 is 46.4 Å². The number of ether oxygens (including phenoxy) is 2. The van der Waals surface area contributed by atoms with Crippen LogP contribution in [-0.4, -0.2) is 25.0 Å². The highest BCUT2D eigenvalue weighted by Crippen LogP contribution is 2.36. The molecule has 23 heavy (non-hydrogen) atoms. The minimum Gasteiger partial charge on any atom is -0.489 e. The maximum atomic E-state index is 6.13. The molecule has 0 saturated heterocycles. The van der Waals surface area contributed by atoms with Gasteiger partial charge < -0.3 is 14.3 Å². The third-order valence-corrected chi connectivity index (χ3v) is 3.03. The van der Waals surface area contributed by atoms with E-state index in [1.54, 1.807) is 12.1 Å². The average Bonchev–Trinajstić information content (AvgIpc) is 2.39. The SMILES string of the molecule is CC(C)(C)ON=CCOc1c(Cl)cc(OCC=C(Cl)Cl)cc1Cl. The largest absolute Gasteiger partial charge is 0.489 e. The smallest absolute Gasteiger partial charge is 0.157 e. The molecule has 0 aliphatic heterocycles. The second kappa shape index (κ2) is 9.48. The van der Waals surface area contributed by atoms with Gasteiger partial charge in [0.1, 0.15) is 29.1 Å². The Morgan fingerprint density at radius 1 is 1.09 bits per heavy atom. The summed E-state index contributed by atoms with van der Waals surface area (Å²) in [6.45, 7) is 6.05. The van der Waals surface area contributed by atoms with E-state index in [4.69, 9.17) is 60.7 Å². The molecule has 0 N–H and O–H groups in total. The van der Waals surface area contributed by atoms with Gasteiger partial charge >= 0.3 is 0 Å². The summed E-state index contributed by atoms with van der Waals surface area (Å²) in [6, 6.07) is 3.17. The van der Waals surface area contributed by atoms with Crippen molar-refractivity contribution in [3.63, 3.8) is 0 Å². The number of hydrogen-bond acceptors (Lipinski definition) is 4. The van der Waals surface area contributed by atoms with E-state index in [1.807, 2.05) is 20.8 Å². The van der Waals surface area contributed by atoms with Gasteiger partial charge in [-0.3, -0.25) is 0 Å². The minimum atomic E-state index is -0.356. The van der Waals surface area contributed by atoms with Crippen LogP contribution in [0.25, 0.3) is 0 Å². The van der Waals surface area contributed by atoms with Crippen LogP contribution in [0.4, 0.5) is 0 Å². The molecule has 0 saturated carbocycles. The van der Waals surface area contributed by atoms with Crippen LogP contribution in [0, 0.1) is 0 Å². The van der Waals surface area contributed by atoms with Crippen molar-refractivity contribution in [3.8, 4) is 11.5 Å². The average molecular weight is 401 g/mol. The summed E-state index contributed by atoms with van der Waals surface area (Å²) < 4.78 is 11.0. The molecule has 0 atom stereocenters. The first-order valence-corrected chi connectivity index (χ1v) is 8.16. The zero-order valence-electron chi connectivity index (χ0n) is 12.9. The molecule has 4 nitrogen and oxygen atoms in total. The quantitative estimate of drug-likeness (QED) is 0.424. The summed E-state index contributed by atoms with van der Waals surface area (Å²) >= 11 is 23.2. The Labute approximate surface area is 155 Å². The lowest BCUT2D eigenvalue weighted by molar-refractivity contribution is 0.00128. The normalized spacial score (nSPS) is 11.4. The van der Waals surface area contributed by atoms with Crippen LogP contribution in [-0.2, 0) is 4.84 Å². The Kier molecular flexibility index (Phi) is 8.34. The van der Waals surface area contributed by atoms with Crippen molar-refractivity contribution >= 4 is 52.6 Å². The Morgan fingerprint density at radius 2 is 1.70 bits per heavy atom. The number of benzene rings is 1. The van der Waals surface area contributed by atoms with Crippen molar-refractivity contribution in [1.29, 1.82) is 0 Å². The standard InChI is InChI=1S/C15H17Cl4NO3/c1-15(2,3)23-20-5-7-22-14-11(16)8-10(9-12(14)17)21-6-4-13(18)19/h4-5,8-9H,6-7H2,1-3H3. The van der Waals surface area contributed by atoms with Crippen molar-refractivity contribution in [2.75, 3.05) is 13.2 Å². The maximum Gasteiger partial charge on any atom is 0.157 e. The molecule has 1 rings (SSSR count). The van der Waals surface area contributed by atoms with Gasteiger partial charge in [-0.2, -0.15) is 0 Å². The Balaban J connectivity index is 2.62. The molecular formula is C15H17Cl4NO3. The predicted molar refractivity (Wildman–Crippen MR) is 96.6 cm³/mol. The fraction of sp³-hybridized carbons (Fsp3) is 0.400. The van der Waals surface area contributed by atoms with E-state index in [9.17, 15) is 0 Å². The summed E-state index contributed by atoms with van der Waals surface area (Å²) in [7, 11) is 0. The summed E-state index contributed by atoms with van der Waals surface area (Å²) in [5.74, 6) is 0.816. The molecule has 1 aromatic rings. The summed E-state index contributed by atoms with van der Waals surface area (Å²) in [5, 5.41) is 4.44. The highest BCUT2D eigenvalue weighted by molar-refractivity contribution is 6.55. The molecule has 0 heterocycles. The molecule has 0 radical (unpaired) electrons. The summed E-state index contributed by atoms with van der Waals surface area (Å²) in [5.41, 5.74) is -0.356. The van der Waals surface area contributed by atoms with E-state index in [-0.39, 0.29) is 23.3 Å². The van der Waals surface area contributed by atoms with Gasteiger partial charge in [-0.15, -0.1) is 0 Å². The van der Waals surface area contributed by atoms with Crippen LogP contribution in [0.2, 0.25) is 10.0 Å². The van der Waals surface area contributed by atoms with Gasteiger partial charge in [0.25, 0.3) is 0 Å². The first-order chi connectivity index (χ1) is 10.7. The van der Waals surface area contributed by atoms with Crippen molar-refractivity contribution < 1.29 is 14.3 Å². The van der Waals surface area contributed by atoms with Crippen molar-refractivity contribution in [1.82, 2.24) is 0 Å². The fourth-order valence-electron chi connectivity index (χ4n) is 1.31. The minimum absolute atomic E-state index is 0.124. The van der Waals surface area contributed by atoms with Crippen molar-refractivity contribution in [2.45, 2.75) is 26.4 Å². The molecule has 0 spiro atoms. The third-order valence-electron chi connectivity index (χ3n) is 2.16. The first kappa shape index (κ1) is 20.2. The second-order valence-electron chi connectivity index (χ2n) is 5.32. The van der Waals surface area contributed by atoms with Gasteiger partial charge in [-0.05, 0) is 26.8 Å². The van der Waals surface area contributed by atoms with Crippen molar-refractivity contribution in [3.05, 3.63) is 32.7 Å². The number of hydrogen-bond donors (Lipinski definition) is 0. The van der Waals surface area contributed by atoms with E-state index in [2.05, 4.69) is 5.16 Å². The van der Waals surface area contributed by atoms with Crippen LogP contribution in [0.3, 0.4) is 0 Å². The molecule has 0 aliphatic rings. The van der Waals surface area contributed by atoms with E-state index in [0.29, 0.717) is 21.5 Å². The number of halogens is 4. The second-order valence-corrected chi connectivity index (χ2v) is 7.15. The lowest BCUT2D eigenvalue weighted by Gasteiger charge is -2.15. The third kappa shape index (κ3) is 8.56. The molecule has 0 aromatic heterocycles. The first-order valence-electron chi connectivity index (χ1n) is 6.65. The van der Waals surface area contributed by atoms with Crippen LogP contribution < -0.4 is 9.47 Å². The fourth-order valence-corrected chi connectivity index (χ4v) is 2.01. The molecule has 0 aliphatic carbocycles. The van der Waals surface area contributed by atoms with Crippen LogP contribution in [0.1, 0.15) is 20.8 Å². The van der Waals surface area contributed by atoms with Crippen molar-refractivity contribution in [2.24, 2.45) is 5.16 Å². The lowest BCUT2D eigenvalue weighted by Crippen LogP contribution is -2.16. The van der Waals surface area contributed by atoms with Crippen LogP contribution in [0.15, 0.2) is 27.9 Å². The summed E-state index contributed by atoms with van der Waals surface area (Å²) in [6.07, 6.45) is 2.98. The molecule has 0 bridgehead atoms. The van der Waals surface area contributed by atoms with Gasteiger partial charge in [0.2, 0.25) is 0 Å². The highest BCUT2D eigenvalue weighted by Gasteiger charge is 2.11. The topological polar surface area (TPSA) is 40.0 Å². The van der Waals surface area contributed by atoms with Crippen LogP contribution in [0.5, 0.6) is 11.5 Å². The Bertz CT molecular complexity index is 556. The molecular weight excluding hydrogens is 384 g/mol. The van der Waals surface area contributed by atoms with E-state index >= 15 is 0 Å². The van der Waals surface area contributed by atoms with E-state index in [0.717, 1.165) is 0 Å². The maximum absolute atomic E-state index is 6.13. The lowest BCUT2D eigenvalue weighted by atomic mass is 10.2. The van der Waals surface area contributed by atoms with Gasteiger partial charge in [-0.1, -0.05) is 51.6 Å². The zero-order chi connectivity index (χ0) is 17.5. The molecule has 1 aromatic carbocycles. The van der Waals surface area contributed by atoms with Gasteiger partial charge in [0.15, 0.2) is 5.75 Å². The Hall–Kier alpha value is -0.810. The summed E-state index contributed by atoms with van der Waals surface area (Å²) in [4.78, 5) is 5.19. The zero-order valence-corrected chi connectivity index (χ0v) is 15.9. The Morgan fingerprint density at radius 3 is 2.22 bits per heavy atom. The van der Waals surface area contributed by atoms with Gasteiger partial charge in [-0.25, -0.2) is 0 Å².